The second-order valence-electron chi connectivity index (χ2n) is 4.45. The lowest BCUT2D eigenvalue weighted by Crippen LogP contribution is -2.52. The minimum atomic E-state index is -0.922. The van der Waals surface area contributed by atoms with Crippen LogP contribution < -0.4 is 5.32 Å². The number of carbonyl (C=O) groups excluding carboxylic acids is 1. The molecule has 1 fully saturated rings. The maximum Gasteiger partial charge on any atom is 0.326 e. The van der Waals surface area contributed by atoms with Gasteiger partial charge in [0.2, 0.25) is 0 Å². The predicted molar refractivity (Wildman–Crippen MR) is 71.2 cm³/mol. The summed E-state index contributed by atoms with van der Waals surface area (Å²) < 4.78 is 0. The monoisotopic (exact) mass is 283 g/mol. The average molecular weight is 283 g/mol. The Hall–Kier alpha value is -1.63. The number of hydrogen-bond acceptors (Lipinski definition) is 4. The highest BCUT2D eigenvalue weighted by Crippen LogP contribution is 2.17. The van der Waals surface area contributed by atoms with Crippen molar-refractivity contribution < 1.29 is 14.7 Å². The Kier molecular flexibility index (Phi) is 4.73. The van der Waals surface area contributed by atoms with Crippen LogP contribution in [0.2, 0.25) is 0 Å². The van der Waals surface area contributed by atoms with Crippen molar-refractivity contribution in [2.75, 3.05) is 13.1 Å². The third-order valence-corrected chi connectivity index (χ3v) is 3.99. The molecule has 0 saturated carbocycles. The van der Waals surface area contributed by atoms with Gasteiger partial charge in [0.1, 0.15) is 6.04 Å². The second kappa shape index (κ2) is 6.51. The van der Waals surface area contributed by atoms with Gasteiger partial charge in [0.05, 0.1) is 5.01 Å². The van der Waals surface area contributed by atoms with Crippen molar-refractivity contribution in [2.45, 2.75) is 31.7 Å². The Labute approximate surface area is 115 Å². The molecule has 19 heavy (non-hydrogen) atoms. The molecule has 2 N–H and O–H groups in total. The molecule has 1 aromatic rings. The van der Waals surface area contributed by atoms with E-state index < -0.39 is 12.0 Å². The van der Waals surface area contributed by atoms with E-state index in [1.54, 1.807) is 17.5 Å². The first kappa shape index (κ1) is 13.8. The summed E-state index contributed by atoms with van der Waals surface area (Å²) in [6.07, 6.45) is 4.67. The maximum absolute atomic E-state index is 12.0. The van der Waals surface area contributed by atoms with Gasteiger partial charge in [0.15, 0.2) is 0 Å². The molecule has 2 amide bonds. The smallest absolute Gasteiger partial charge is 0.326 e. The van der Waals surface area contributed by atoms with Crippen LogP contribution in [0.15, 0.2) is 11.6 Å². The quantitative estimate of drug-likeness (QED) is 0.873. The van der Waals surface area contributed by atoms with E-state index in [-0.39, 0.29) is 6.03 Å². The van der Waals surface area contributed by atoms with Crippen LogP contribution in [0, 0.1) is 0 Å². The molecular weight excluding hydrogens is 266 g/mol. The summed E-state index contributed by atoms with van der Waals surface area (Å²) in [5.41, 5.74) is 0. The molecule has 0 bridgehead atoms. The first-order valence-electron chi connectivity index (χ1n) is 6.34. The Balaban J connectivity index is 1.82. The molecule has 0 spiro atoms. The number of carbonyl (C=O) groups is 2. The number of piperidine rings is 1. The fraction of sp³-hybridized carbons (Fsp3) is 0.583. The number of nitrogens with one attached hydrogen (secondary N) is 1. The van der Waals surface area contributed by atoms with Crippen LogP contribution in [0.1, 0.15) is 24.3 Å². The van der Waals surface area contributed by atoms with Gasteiger partial charge in [-0.05, 0) is 19.3 Å². The summed E-state index contributed by atoms with van der Waals surface area (Å²) in [7, 11) is 0. The van der Waals surface area contributed by atoms with Crippen molar-refractivity contribution in [3.8, 4) is 0 Å². The van der Waals surface area contributed by atoms with Gasteiger partial charge >= 0.3 is 12.0 Å². The topological polar surface area (TPSA) is 82.5 Å². The molecule has 1 saturated heterocycles. The molecule has 104 valence electrons. The lowest BCUT2D eigenvalue weighted by Gasteiger charge is -2.32. The van der Waals surface area contributed by atoms with E-state index in [1.807, 2.05) is 5.38 Å². The van der Waals surface area contributed by atoms with Crippen molar-refractivity contribution in [2.24, 2.45) is 0 Å². The summed E-state index contributed by atoms with van der Waals surface area (Å²) in [6, 6.07) is -0.975. The van der Waals surface area contributed by atoms with Crippen LogP contribution in [0.25, 0.3) is 0 Å². The normalized spacial score (nSPS) is 19.2. The van der Waals surface area contributed by atoms with Crippen molar-refractivity contribution in [3.05, 3.63) is 16.6 Å². The SMILES string of the molecule is O=C(O)C1CCCCN1C(=O)NCCc1nccs1. The van der Waals surface area contributed by atoms with Crippen LogP contribution >= 0.6 is 11.3 Å². The predicted octanol–water partition coefficient (Wildman–Crippen LogP) is 1.33. The van der Waals surface area contributed by atoms with Gasteiger partial charge in [-0.25, -0.2) is 14.6 Å². The number of rotatable bonds is 4. The number of hydrogen-bond donors (Lipinski definition) is 2. The molecule has 7 heteroatoms. The highest BCUT2D eigenvalue weighted by Gasteiger charge is 2.31. The number of urea groups is 1. The number of nitrogens with zero attached hydrogens (tertiary/aromatic N) is 2. The van der Waals surface area contributed by atoms with Crippen LogP contribution in [-0.4, -0.2) is 46.1 Å². The van der Waals surface area contributed by atoms with E-state index in [0.29, 0.717) is 25.9 Å². The Morgan fingerprint density at radius 3 is 3.05 bits per heavy atom. The Morgan fingerprint density at radius 2 is 2.37 bits per heavy atom. The number of carboxylic acid groups (broad SMARTS) is 1. The van der Waals surface area contributed by atoms with Gasteiger partial charge in [-0.15, -0.1) is 11.3 Å². The minimum absolute atomic E-state index is 0.288. The number of thiazole rings is 1. The third kappa shape index (κ3) is 3.66. The molecule has 1 unspecified atom stereocenters. The molecule has 2 heterocycles. The molecule has 1 aromatic heterocycles. The average Bonchev–Trinajstić information content (AvgIpc) is 2.91. The number of amides is 2. The zero-order valence-corrected chi connectivity index (χ0v) is 11.4. The van der Waals surface area contributed by atoms with E-state index in [0.717, 1.165) is 17.8 Å². The minimum Gasteiger partial charge on any atom is -0.480 e. The van der Waals surface area contributed by atoms with Crippen molar-refractivity contribution >= 4 is 23.3 Å². The van der Waals surface area contributed by atoms with Gasteiger partial charge in [0, 0.05) is 31.1 Å². The lowest BCUT2D eigenvalue weighted by molar-refractivity contribution is -0.143. The first-order chi connectivity index (χ1) is 9.18. The lowest BCUT2D eigenvalue weighted by atomic mass is 10.0. The van der Waals surface area contributed by atoms with Crippen LogP contribution in [-0.2, 0) is 11.2 Å². The summed E-state index contributed by atoms with van der Waals surface area (Å²) in [5, 5.41) is 14.7. The zero-order valence-electron chi connectivity index (χ0n) is 10.5. The second-order valence-corrected chi connectivity index (χ2v) is 5.43. The van der Waals surface area contributed by atoms with Gasteiger partial charge in [0.25, 0.3) is 0 Å². The maximum atomic E-state index is 12.0. The zero-order chi connectivity index (χ0) is 13.7. The number of aliphatic carboxylic acids is 1. The van der Waals surface area contributed by atoms with Crippen molar-refractivity contribution in [3.63, 3.8) is 0 Å². The number of aromatic nitrogens is 1. The number of likely N-dealkylation sites (tertiary alicyclic amines) is 1. The number of carboxylic acids is 1. The largest absolute Gasteiger partial charge is 0.480 e. The van der Waals surface area contributed by atoms with Gasteiger partial charge in [-0.2, -0.15) is 0 Å². The summed E-state index contributed by atoms with van der Waals surface area (Å²) in [5.74, 6) is -0.922. The fourth-order valence-electron chi connectivity index (χ4n) is 2.19. The molecule has 0 aliphatic carbocycles. The first-order valence-corrected chi connectivity index (χ1v) is 7.22. The van der Waals surface area contributed by atoms with Gasteiger partial charge in [-0.1, -0.05) is 0 Å². The fourth-order valence-corrected chi connectivity index (χ4v) is 2.81. The summed E-state index contributed by atoms with van der Waals surface area (Å²) in [6.45, 7) is 0.995. The summed E-state index contributed by atoms with van der Waals surface area (Å²) in [4.78, 5) is 28.6. The van der Waals surface area contributed by atoms with Crippen LogP contribution in [0.4, 0.5) is 4.79 Å². The molecule has 1 atom stereocenters. The highest BCUT2D eigenvalue weighted by atomic mass is 32.1. The molecule has 0 aromatic carbocycles. The highest BCUT2D eigenvalue weighted by molar-refractivity contribution is 7.09. The van der Waals surface area contributed by atoms with Gasteiger partial charge < -0.3 is 15.3 Å². The van der Waals surface area contributed by atoms with Crippen molar-refractivity contribution in [1.29, 1.82) is 0 Å². The Morgan fingerprint density at radius 1 is 1.53 bits per heavy atom. The van der Waals surface area contributed by atoms with E-state index in [2.05, 4.69) is 10.3 Å². The van der Waals surface area contributed by atoms with E-state index >= 15 is 0 Å². The Bertz CT molecular complexity index is 435. The third-order valence-electron chi connectivity index (χ3n) is 3.15. The van der Waals surface area contributed by atoms with Gasteiger partial charge in [-0.3, -0.25) is 0 Å². The molecule has 1 aliphatic heterocycles. The molecule has 2 rings (SSSR count). The van der Waals surface area contributed by atoms with E-state index in [1.165, 1.54) is 4.90 Å². The van der Waals surface area contributed by atoms with Crippen LogP contribution in [0.3, 0.4) is 0 Å². The van der Waals surface area contributed by atoms with Crippen molar-refractivity contribution in [1.82, 2.24) is 15.2 Å². The molecule has 0 radical (unpaired) electrons. The molecule has 1 aliphatic rings. The molecular formula is C12H17N3O3S. The standard InChI is InChI=1S/C12H17N3O3S/c16-11(17)9-3-1-2-7-15(9)12(18)14-5-4-10-13-6-8-19-10/h6,8-9H,1-5,7H2,(H,14,18)(H,16,17). The summed E-state index contributed by atoms with van der Waals surface area (Å²) >= 11 is 1.55. The molecule has 6 nitrogen and oxygen atoms in total. The van der Waals surface area contributed by atoms with E-state index in [4.69, 9.17) is 5.11 Å². The van der Waals surface area contributed by atoms with E-state index in [9.17, 15) is 9.59 Å². The van der Waals surface area contributed by atoms with Crippen LogP contribution in [0.5, 0.6) is 0 Å².